The minimum absolute atomic E-state index is 0.0274. The number of hydrogen-bond acceptors (Lipinski definition) is 5. The van der Waals surface area contributed by atoms with Crippen LogP contribution in [0.2, 0.25) is 0 Å². The zero-order chi connectivity index (χ0) is 20.6. The van der Waals surface area contributed by atoms with Crippen LogP contribution in [0.1, 0.15) is 32.3 Å². The second-order valence-corrected chi connectivity index (χ2v) is 7.63. The van der Waals surface area contributed by atoms with Gasteiger partial charge in [-0.05, 0) is 46.5 Å². The van der Waals surface area contributed by atoms with Crippen LogP contribution < -0.4 is 15.6 Å². The summed E-state index contributed by atoms with van der Waals surface area (Å²) < 4.78 is 5.91. The number of H-pyrrole nitrogens is 1. The van der Waals surface area contributed by atoms with E-state index in [0.29, 0.717) is 35.2 Å². The maximum Gasteiger partial charge on any atom is 0.255 e. The lowest BCUT2D eigenvalue weighted by atomic mass is 9.91. The summed E-state index contributed by atoms with van der Waals surface area (Å²) >= 11 is 0. The van der Waals surface area contributed by atoms with Crippen LogP contribution >= 0.6 is 0 Å². The van der Waals surface area contributed by atoms with Gasteiger partial charge in [0.15, 0.2) is 0 Å². The zero-order valence-electron chi connectivity index (χ0n) is 16.1. The van der Waals surface area contributed by atoms with E-state index in [1.165, 1.54) is 0 Å². The quantitative estimate of drug-likeness (QED) is 0.298. The molecule has 1 atom stereocenters. The molecule has 3 aromatic rings. The van der Waals surface area contributed by atoms with E-state index in [1.807, 2.05) is 12.1 Å². The van der Waals surface area contributed by atoms with Crippen LogP contribution in [-0.2, 0) is 10.3 Å². The Labute approximate surface area is 165 Å². The van der Waals surface area contributed by atoms with E-state index in [-0.39, 0.29) is 17.5 Å². The molecule has 1 aliphatic rings. The fourth-order valence-corrected chi connectivity index (χ4v) is 3.67. The van der Waals surface area contributed by atoms with Crippen molar-refractivity contribution in [3.63, 3.8) is 0 Å². The van der Waals surface area contributed by atoms with Crippen LogP contribution in [0.5, 0.6) is 5.88 Å². The number of rotatable bonds is 5. The first-order valence-electron chi connectivity index (χ1n) is 9.32. The smallest absolute Gasteiger partial charge is 0.255 e. The number of aromatic amines is 1. The standard InChI is InChI=1S/C20H20N6O3/c1-20(2,25-26-21)16-9-23-18(28)15-7-11-5-6-22-19(13(11)8-14(15)16)29-10-12-3-4-17(27)24-12/h5-9,12H,3-4,10H2,1-2H3,(H,23,28)(H,24,27). The average Bonchev–Trinajstić information content (AvgIpc) is 3.10. The molecule has 1 amide bonds. The molecule has 1 aliphatic heterocycles. The number of amides is 1. The lowest BCUT2D eigenvalue weighted by Gasteiger charge is -2.21. The topological polar surface area (TPSA) is 133 Å². The molecular formula is C20H20N6O3. The number of aromatic nitrogens is 2. The molecule has 9 nitrogen and oxygen atoms in total. The third-order valence-corrected chi connectivity index (χ3v) is 5.21. The molecule has 0 bridgehead atoms. The second-order valence-electron chi connectivity index (χ2n) is 7.63. The Hall–Kier alpha value is -3.58. The third-order valence-electron chi connectivity index (χ3n) is 5.21. The van der Waals surface area contributed by atoms with E-state index in [0.717, 1.165) is 17.2 Å². The number of ether oxygens (including phenoxy) is 1. The maximum absolute atomic E-state index is 12.4. The Morgan fingerprint density at radius 1 is 1.31 bits per heavy atom. The molecule has 4 rings (SSSR count). The Kier molecular flexibility index (Phi) is 4.60. The summed E-state index contributed by atoms with van der Waals surface area (Å²) in [5, 5.41) is 9.46. The molecular weight excluding hydrogens is 372 g/mol. The second kappa shape index (κ2) is 7.10. The molecule has 3 heterocycles. The van der Waals surface area contributed by atoms with Crippen LogP contribution in [0.15, 0.2) is 40.5 Å². The van der Waals surface area contributed by atoms with E-state index in [1.54, 1.807) is 32.3 Å². The van der Waals surface area contributed by atoms with Gasteiger partial charge in [0.2, 0.25) is 11.8 Å². The summed E-state index contributed by atoms with van der Waals surface area (Å²) in [5.74, 6) is 0.456. The molecule has 0 aliphatic carbocycles. The van der Waals surface area contributed by atoms with Gasteiger partial charge in [0.1, 0.15) is 6.61 Å². The molecule has 0 radical (unpaired) electrons. The molecule has 1 fully saturated rings. The largest absolute Gasteiger partial charge is 0.475 e. The number of carbonyl (C=O) groups excluding carboxylic acids is 1. The number of benzene rings is 1. The van der Waals surface area contributed by atoms with Crippen molar-refractivity contribution in [2.45, 2.75) is 38.3 Å². The first-order chi connectivity index (χ1) is 13.9. The maximum atomic E-state index is 12.4. The minimum Gasteiger partial charge on any atom is -0.475 e. The highest BCUT2D eigenvalue weighted by Crippen LogP contribution is 2.34. The van der Waals surface area contributed by atoms with Crippen molar-refractivity contribution < 1.29 is 9.53 Å². The molecule has 148 valence electrons. The molecule has 29 heavy (non-hydrogen) atoms. The Morgan fingerprint density at radius 3 is 2.86 bits per heavy atom. The SMILES string of the molecule is CC(C)(N=[N+]=[N-])c1c[nH]c(=O)c2cc3ccnc(OCC4CCC(=O)N4)c3cc12. The summed E-state index contributed by atoms with van der Waals surface area (Å²) in [7, 11) is 0. The summed E-state index contributed by atoms with van der Waals surface area (Å²) in [6, 6.07) is 5.40. The monoisotopic (exact) mass is 392 g/mol. The highest BCUT2D eigenvalue weighted by molar-refractivity contribution is 6.01. The van der Waals surface area contributed by atoms with E-state index in [4.69, 9.17) is 10.3 Å². The fraction of sp³-hybridized carbons (Fsp3) is 0.350. The predicted molar refractivity (Wildman–Crippen MR) is 109 cm³/mol. The van der Waals surface area contributed by atoms with Gasteiger partial charge in [-0.2, -0.15) is 0 Å². The highest BCUT2D eigenvalue weighted by atomic mass is 16.5. The van der Waals surface area contributed by atoms with Crippen molar-refractivity contribution in [2.75, 3.05) is 6.61 Å². The van der Waals surface area contributed by atoms with Gasteiger partial charge in [-0.25, -0.2) is 4.98 Å². The normalized spacial score (nSPS) is 16.6. The summed E-state index contributed by atoms with van der Waals surface area (Å²) in [6.07, 6.45) is 4.43. The van der Waals surface area contributed by atoms with Gasteiger partial charge >= 0.3 is 0 Å². The third kappa shape index (κ3) is 3.48. The number of nitrogens with one attached hydrogen (secondary N) is 2. The van der Waals surface area contributed by atoms with Gasteiger partial charge in [-0.1, -0.05) is 19.0 Å². The first-order valence-corrected chi connectivity index (χ1v) is 9.32. The van der Waals surface area contributed by atoms with Crippen LogP contribution in [0, 0.1) is 0 Å². The number of hydrogen-bond donors (Lipinski definition) is 2. The van der Waals surface area contributed by atoms with Crippen molar-refractivity contribution in [3.05, 3.63) is 57.0 Å². The van der Waals surface area contributed by atoms with Crippen LogP contribution in [-0.4, -0.2) is 28.5 Å². The molecule has 9 heteroatoms. The Balaban J connectivity index is 1.84. The number of fused-ring (bicyclic) bond motifs is 2. The van der Waals surface area contributed by atoms with E-state index in [2.05, 4.69) is 25.3 Å². The van der Waals surface area contributed by atoms with Gasteiger partial charge in [-0.3, -0.25) is 9.59 Å². The van der Waals surface area contributed by atoms with Crippen LogP contribution in [0.4, 0.5) is 0 Å². The highest BCUT2D eigenvalue weighted by Gasteiger charge is 2.24. The Morgan fingerprint density at radius 2 is 2.14 bits per heavy atom. The minimum atomic E-state index is -0.859. The van der Waals surface area contributed by atoms with Crippen molar-refractivity contribution in [3.8, 4) is 5.88 Å². The predicted octanol–water partition coefficient (Wildman–Crippen LogP) is 3.28. The lowest BCUT2D eigenvalue weighted by molar-refractivity contribution is -0.119. The lowest BCUT2D eigenvalue weighted by Crippen LogP contribution is -2.31. The Bertz CT molecular complexity index is 1230. The molecule has 0 spiro atoms. The van der Waals surface area contributed by atoms with E-state index in [9.17, 15) is 9.59 Å². The van der Waals surface area contributed by atoms with Crippen LogP contribution in [0.3, 0.4) is 0 Å². The van der Waals surface area contributed by atoms with E-state index >= 15 is 0 Å². The van der Waals surface area contributed by atoms with Gasteiger partial charge in [0, 0.05) is 34.5 Å². The molecule has 2 aromatic heterocycles. The van der Waals surface area contributed by atoms with Gasteiger partial charge < -0.3 is 15.0 Å². The molecule has 1 unspecified atom stereocenters. The number of pyridine rings is 2. The van der Waals surface area contributed by atoms with E-state index < -0.39 is 5.54 Å². The molecule has 1 aromatic carbocycles. The number of carbonyl (C=O) groups is 1. The van der Waals surface area contributed by atoms with Gasteiger partial charge in [-0.15, -0.1) is 0 Å². The fourth-order valence-electron chi connectivity index (χ4n) is 3.67. The van der Waals surface area contributed by atoms with Gasteiger partial charge in [0.25, 0.3) is 5.56 Å². The molecule has 0 saturated carbocycles. The molecule has 2 N–H and O–H groups in total. The van der Waals surface area contributed by atoms with Crippen LogP contribution in [0.25, 0.3) is 32.0 Å². The zero-order valence-corrected chi connectivity index (χ0v) is 16.1. The summed E-state index contributed by atoms with van der Waals surface area (Å²) in [5.41, 5.74) is 8.54. The number of azide groups is 1. The van der Waals surface area contributed by atoms with Crippen molar-refractivity contribution in [2.24, 2.45) is 5.11 Å². The van der Waals surface area contributed by atoms with Crippen molar-refractivity contribution >= 4 is 27.5 Å². The summed E-state index contributed by atoms with van der Waals surface area (Å²) in [4.78, 5) is 33.8. The van der Waals surface area contributed by atoms with Gasteiger partial charge in [0.05, 0.1) is 11.6 Å². The van der Waals surface area contributed by atoms with Crippen molar-refractivity contribution in [1.82, 2.24) is 15.3 Å². The molecule has 1 saturated heterocycles. The first kappa shape index (κ1) is 18.8. The van der Waals surface area contributed by atoms with Crippen molar-refractivity contribution in [1.29, 1.82) is 0 Å². The number of nitrogens with zero attached hydrogens (tertiary/aromatic N) is 4. The summed E-state index contributed by atoms with van der Waals surface area (Å²) in [6.45, 7) is 3.89. The average molecular weight is 392 g/mol.